The Hall–Kier alpha value is -1.55. The van der Waals surface area contributed by atoms with Crippen LogP contribution in [0.2, 0.25) is 0 Å². The van der Waals surface area contributed by atoms with Crippen LogP contribution in [0.3, 0.4) is 0 Å². The van der Waals surface area contributed by atoms with Gasteiger partial charge in [-0.15, -0.1) is 0 Å². The van der Waals surface area contributed by atoms with Crippen LogP contribution in [-0.4, -0.2) is 35.1 Å². The predicted molar refractivity (Wildman–Crippen MR) is 73.6 cm³/mol. The van der Waals surface area contributed by atoms with Crippen molar-refractivity contribution >= 4 is 11.6 Å². The molecule has 0 aromatic heterocycles. The SMILES string of the molecule is Cc1cc(C)c(C(=O)N(CCO)C(C)C)cc1N. The number of carbonyl (C=O) groups excluding carboxylic acids is 1. The summed E-state index contributed by atoms with van der Waals surface area (Å²) in [5.74, 6) is -0.0803. The number of aryl methyl sites for hydroxylation is 2. The number of aliphatic hydroxyl groups excluding tert-OH is 1. The quantitative estimate of drug-likeness (QED) is 0.800. The molecule has 0 heterocycles. The highest BCUT2D eigenvalue weighted by Gasteiger charge is 2.20. The first-order valence-corrected chi connectivity index (χ1v) is 6.17. The van der Waals surface area contributed by atoms with Crippen LogP contribution in [0.1, 0.15) is 35.3 Å². The molecule has 1 aromatic rings. The Kier molecular flexibility index (Phi) is 4.73. The number of anilines is 1. The van der Waals surface area contributed by atoms with Gasteiger partial charge in [0.15, 0.2) is 0 Å². The molecular formula is C14H22N2O2. The van der Waals surface area contributed by atoms with E-state index in [0.29, 0.717) is 17.8 Å². The fourth-order valence-corrected chi connectivity index (χ4v) is 1.96. The second-order valence-corrected chi connectivity index (χ2v) is 4.84. The largest absolute Gasteiger partial charge is 0.398 e. The van der Waals surface area contributed by atoms with E-state index in [4.69, 9.17) is 10.8 Å². The lowest BCUT2D eigenvalue weighted by Crippen LogP contribution is -2.39. The summed E-state index contributed by atoms with van der Waals surface area (Å²) in [7, 11) is 0. The molecule has 0 saturated carbocycles. The molecule has 0 bridgehead atoms. The highest BCUT2D eigenvalue weighted by Crippen LogP contribution is 2.20. The van der Waals surface area contributed by atoms with Crippen LogP contribution in [0.4, 0.5) is 5.69 Å². The van der Waals surface area contributed by atoms with Crippen molar-refractivity contribution in [2.24, 2.45) is 0 Å². The van der Waals surface area contributed by atoms with Crippen molar-refractivity contribution in [3.05, 3.63) is 28.8 Å². The third-order valence-corrected chi connectivity index (χ3v) is 3.07. The smallest absolute Gasteiger partial charge is 0.254 e. The molecule has 3 N–H and O–H groups in total. The highest BCUT2D eigenvalue weighted by molar-refractivity contribution is 5.97. The van der Waals surface area contributed by atoms with Gasteiger partial charge in [-0.3, -0.25) is 4.79 Å². The zero-order valence-corrected chi connectivity index (χ0v) is 11.5. The number of rotatable bonds is 4. The maximum absolute atomic E-state index is 12.4. The molecule has 4 heteroatoms. The van der Waals surface area contributed by atoms with Crippen molar-refractivity contribution in [3.63, 3.8) is 0 Å². The van der Waals surface area contributed by atoms with Gasteiger partial charge in [-0.2, -0.15) is 0 Å². The van der Waals surface area contributed by atoms with Crippen molar-refractivity contribution < 1.29 is 9.90 Å². The first-order chi connectivity index (χ1) is 8.38. The second kappa shape index (κ2) is 5.87. The van der Waals surface area contributed by atoms with Crippen molar-refractivity contribution in [2.45, 2.75) is 33.7 Å². The number of amides is 1. The first kappa shape index (κ1) is 14.5. The summed E-state index contributed by atoms with van der Waals surface area (Å²) in [6.45, 7) is 7.98. The monoisotopic (exact) mass is 250 g/mol. The summed E-state index contributed by atoms with van der Waals surface area (Å²) < 4.78 is 0. The van der Waals surface area contributed by atoms with Crippen LogP contribution in [-0.2, 0) is 0 Å². The fourth-order valence-electron chi connectivity index (χ4n) is 1.96. The van der Waals surface area contributed by atoms with Crippen LogP contribution in [0.15, 0.2) is 12.1 Å². The zero-order valence-electron chi connectivity index (χ0n) is 11.5. The van der Waals surface area contributed by atoms with Crippen LogP contribution >= 0.6 is 0 Å². The highest BCUT2D eigenvalue weighted by atomic mass is 16.3. The molecule has 0 aliphatic rings. The van der Waals surface area contributed by atoms with E-state index in [9.17, 15) is 4.79 Å². The lowest BCUT2D eigenvalue weighted by Gasteiger charge is -2.27. The van der Waals surface area contributed by atoms with Gasteiger partial charge in [-0.25, -0.2) is 0 Å². The minimum atomic E-state index is -0.0803. The van der Waals surface area contributed by atoms with Gasteiger partial charge in [0, 0.05) is 23.8 Å². The minimum absolute atomic E-state index is 0.0374. The number of carbonyl (C=O) groups is 1. The standard InChI is InChI=1S/C14H22N2O2/c1-9(2)16(5-6-17)14(18)12-8-13(15)11(4)7-10(12)3/h7-9,17H,5-6,15H2,1-4H3. The number of nitrogens with two attached hydrogens (primary N) is 1. The van der Waals surface area contributed by atoms with E-state index in [2.05, 4.69) is 0 Å². The van der Waals surface area contributed by atoms with Crippen LogP contribution in [0, 0.1) is 13.8 Å². The summed E-state index contributed by atoms with van der Waals surface area (Å²) in [6.07, 6.45) is 0. The Labute approximate surface area is 108 Å². The molecule has 100 valence electrons. The Bertz CT molecular complexity index is 442. The molecule has 0 spiro atoms. The molecule has 1 rings (SSSR count). The number of benzene rings is 1. The summed E-state index contributed by atoms with van der Waals surface area (Å²) >= 11 is 0. The van der Waals surface area contributed by atoms with Crippen molar-refractivity contribution in [1.29, 1.82) is 0 Å². The van der Waals surface area contributed by atoms with E-state index in [1.807, 2.05) is 33.8 Å². The van der Waals surface area contributed by atoms with E-state index in [1.54, 1.807) is 11.0 Å². The average Bonchev–Trinajstić information content (AvgIpc) is 2.29. The molecular weight excluding hydrogens is 228 g/mol. The lowest BCUT2D eigenvalue weighted by atomic mass is 10.0. The van der Waals surface area contributed by atoms with E-state index in [-0.39, 0.29) is 18.6 Å². The van der Waals surface area contributed by atoms with Gasteiger partial charge in [-0.1, -0.05) is 6.07 Å². The molecule has 0 fully saturated rings. The summed E-state index contributed by atoms with van der Waals surface area (Å²) in [6, 6.07) is 3.69. The summed E-state index contributed by atoms with van der Waals surface area (Å²) in [5, 5.41) is 9.03. The van der Waals surface area contributed by atoms with Gasteiger partial charge >= 0.3 is 0 Å². The van der Waals surface area contributed by atoms with Gasteiger partial charge in [0.1, 0.15) is 0 Å². The third-order valence-electron chi connectivity index (χ3n) is 3.07. The Morgan fingerprint density at radius 2 is 1.94 bits per heavy atom. The fraction of sp³-hybridized carbons (Fsp3) is 0.500. The molecule has 0 aliphatic heterocycles. The van der Waals surface area contributed by atoms with Gasteiger partial charge in [0.2, 0.25) is 0 Å². The van der Waals surface area contributed by atoms with E-state index in [0.717, 1.165) is 11.1 Å². The van der Waals surface area contributed by atoms with Crippen molar-refractivity contribution in [2.75, 3.05) is 18.9 Å². The summed E-state index contributed by atoms with van der Waals surface area (Å²) in [5.41, 5.74) is 8.98. The Balaban J connectivity index is 3.12. The van der Waals surface area contributed by atoms with Gasteiger partial charge in [0.25, 0.3) is 5.91 Å². The number of aliphatic hydroxyl groups is 1. The third kappa shape index (κ3) is 3.01. The first-order valence-electron chi connectivity index (χ1n) is 6.17. The zero-order chi connectivity index (χ0) is 13.9. The molecule has 1 amide bonds. The number of nitrogen functional groups attached to an aromatic ring is 1. The molecule has 0 unspecified atom stereocenters. The number of nitrogens with zero attached hydrogens (tertiary/aromatic N) is 1. The van der Waals surface area contributed by atoms with E-state index < -0.39 is 0 Å². The number of hydrogen-bond acceptors (Lipinski definition) is 3. The molecule has 1 aromatic carbocycles. The Morgan fingerprint density at radius 1 is 1.33 bits per heavy atom. The van der Waals surface area contributed by atoms with Crippen molar-refractivity contribution in [1.82, 2.24) is 4.90 Å². The van der Waals surface area contributed by atoms with Crippen LogP contribution < -0.4 is 5.73 Å². The molecule has 4 nitrogen and oxygen atoms in total. The Morgan fingerprint density at radius 3 is 2.44 bits per heavy atom. The minimum Gasteiger partial charge on any atom is -0.398 e. The van der Waals surface area contributed by atoms with Crippen LogP contribution in [0.25, 0.3) is 0 Å². The molecule has 0 saturated heterocycles. The van der Waals surface area contributed by atoms with Gasteiger partial charge in [0.05, 0.1) is 6.61 Å². The average molecular weight is 250 g/mol. The second-order valence-electron chi connectivity index (χ2n) is 4.84. The normalized spacial score (nSPS) is 10.8. The van der Waals surface area contributed by atoms with Gasteiger partial charge in [-0.05, 0) is 44.9 Å². The topological polar surface area (TPSA) is 66.6 Å². The van der Waals surface area contributed by atoms with Gasteiger partial charge < -0.3 is 15.7 Å². The van der Waals surface area contributed by atoms with Crippen LogP contribution in [0.5, 0.6) is 0 Å². The van der Waals surface area contributed by atoms with Crippen molar-refractivity contribution in [3.8, 4) is 0 Å². The molecule has 0 radical (unpaired) electrons. The molecule has 0 atom stereocenters. The predicted octanol–water partition coefficient (Wildman–Crippen LogP) is 1.73. The molecule has 0 aliphatic carbocycles. The summed E-state index contributed by atoms with van der Waals surface area (Å²) in [4.78, 5) is 14.1. The maximum atomic E-state index is 12.4. The molecule has 18 heavy (non-hydrogen) atoms. The lowest BCUT2D eigenvalue weighted by molar-refractivity contribution is 0.0664. The van der Waals surface area contributed by atoms with E-state index in [1.165, 1.54) is 0 Å². The maximum Gasteiger partial charge on any atom is 0.254 e. The number of hydrogen-bond donors (Lipinski definition) is 2. The van der Waals surface area contributed by atoms with E-state index >= 15 is 0 Å².